The molecule has 0 aliphatic heterocycles. The molecule has 0 heterocycles. The number of nitrogens with one attached hydrogen (secondary N) is 1. The number of benzene rings is 2. The van der Waals surface area contributed by atoms with Gasteiger partial charge in [-0.05, 0) is 30.3 Å². The number of ether oxygens (including phenoxy) is 1. The highest BCUT2D eigenvalue weighted by Crippen LogP contribution is 2.22. The van der Waals surface area contributed by atoms with E-state index in [1.165, 1.54) is 18.3 Å². The molecule has 0 atom stereocenters. The van der Waals surface area contributed by atoms with Crippen molar-refractivity contribution in [3.63, 3.8) is 0 Å². The molecule has 0 aliphatic rings. The zero-order valence-corrected chi connectivity index (χ0v) is 14.9. The molecule has 0 aromatic heterocycles. The topological polar surface area (TPSA) is 97.1 Å². The first kappa shape index (κ1) is 19.2. The van der Waals surface area contributed by atoms with Crippen molar-refractivity contribution < 1.29 is 14.5 Å². The van der Waals surface area contributed by atoms with Crippen molar-refractivity contribution in [2.24, 2.45) is 5.10 Å². The van der Waals surface area contributed by atoms with Crippen LogP contribution in [0.25, 0.3) is 0 Å². The summed E-state index contributed by atoms with van der Waals surface area (Å²) in [4.78, 5) is 24.0. The summed E-state index contributed by atoms with van der Waals surface area (Å²) < 4.78 is 5.30. The molecule has 0 saturated heterocycles. The predicted molar refractivity (Wildman–Crippen MR) is 100 cm³/mol. The Morgan fingerprint density at radius 1 is 1.31 bits per heavy atom. The Hall–Kier alpha value is -3.13. The van der Waals surface area contributed by atoms with Gasteiger partial charge >= 0.3 is 0 Å². The summed E-state index contributed by atoms with van der Waals surface area (Å²) in [6.07, 6.45) is 1.35. The summed E-state index contributed by atoms with van der Waals surface area (Å²) >= 11 is 5.77. The van der Waals surface area contributed by atoms with Crippen molar-refractivity contribution in [1.82, 2.24) is 5.43 Å². The monoisotopic (exact) mass is 376 g/mol. The van der Waals surface area contributed by atoms with E-state index in [4.69, 9.17) is 16.3 Å². The third-order valence-corrected chi connectivity index (χ3v) is 3.53. The molecule has 9 heteroatoms. The zero-order chi connectivity index (χ0) is 19.1. The fourth-order valence-electron chi connectivity index (χ4n) is 2.05. The van der Waals surface area contributed by atoms with Crippen molar-refractivity contribution in [3.05, 3.63) is 63.2 Å². The lowest BCUT2D eigenvalue weighted by atomic mass is 10.1. The van der Waals surface area contributed by atoms with E-state index in [1.54, 1.807) is 49.3 Å². The number of carbonyl (C=O) groups excluding carboxylic acids is 1. The molecule has 1 N–H and O–H groups in total. The standard InChI is InChI=1S/C17H17ClN4O4/c1-21(2)16-8-5-14(22(24)25)9-12(16)10-19-20-17(23)11-26-15-6-3-13(18)4-7-15/h3-10H,11H2,1-2H3,(H,20,23)/b19-10+. The van der Waals surface area contributed by atoms with Gasteiger partial charge < -0.3 is 9.64 Å². The summed E-state index contributed by atoms with van der Waals surface area (Å²) in [7, 11) is 3.61. The first-order chi connectivity index (χ1) is 12.4. The molecule has 0 aliphatic carbocycles. The van der Waals surface area contributed by atoms with Crippen molar-refractivity contribution in [1.29, 1.82) is 0 Å². The second-order valence-corrected chi connectivity index (χ2v) is 5.87. The fraction of sp³-hybridized carbons (Fsp3) is 0.176. The van der Waals surface area contributed by atoms with E-state index in [2.05, 4.69) is 10.5 Å². The molecule has 26 heavy (non-hydrogen) atoms. The van der Waals surface area contributed by atoms with E-state index in [0.717, 1.165) is 5.69 Å². The van der Waals surface area contributed by atoms with Gasteiger partial charge in [0.2, 0.25) is 0 Å². The molecule has 136 valence electrons. The number of hydrogen-bond acceptors (Lipinski definition) is 6. The van der Waals surface area contributed by atoms with E-state index in [1.807, 2.05) is 0 Å². The van der Waals surface area contributed by atoms with Gasteiger partial charge in [-0.2, -0.15) is 5.10 Å². The van der Waals surface area contributed by atoms with Crippen LogP contribution in [0.15, 0.2) is 47.6 Å². The Balaban J connectivity index is 1.98. The van der Waals surface area contributed by atoms with E-state index in [-0.39, 0.29) is 12.3 Å². The summed E-state index contributed by atoms with van der Waals surface area (Å²) in [5, 5.41) is 15.3. The van der Waals surface area contributed by atoms with Crippen LogP contribution in [0.4, 0.5) is 11.4 Å². The minimum atomic E-state index is -0.491. The van der Waals surface area contributed by atoms with Gasteiger partial charge in [-0.25, -0.2) is 5.43 Å². The fourth-order valence-corrected chi connectivity index (χ4v) is 2.18. The number of amides is 1. The Morgan fingerprint density at radius 2 is 2.00 bits per heavy atom. The summed E-state index contributed by atoms with van der Waals surface area (Å²) in [6, 6.07) is 11.0. The van der Waals surface area contributed by atoms with Gasteiger partial charge in [-0.15, -0.1) is 0 Å². The second kappa shape index (κ2) is 8.82. The number of rotatable bonds is 7. The average Bonchev–Trinajstić information content (AvgIpc) is 2.61. The van der Waals surface area contributed by atoms with Gasteiger partial charge in [0.15, 0.2) is 6.61 Å². The van der Waals surface area contributed by atoms with Gasteiger partial charge in [0.1, 0.15) is 5.75 Å². The second-order valence-electron chi connectivity index (χ2n) is 5.43. The zero-order valence-electron chi connectivity index (χ0n) is 14.2. The number of anilines is 1. The predicted octanol–water partition coefficient (Wildman–Crippen LogP) is 2.84. The van der Waals surface area contributed by atoms with Gasteiger partial charge in [-0.1, -0.05) is 11.6 Å². The van der Waals surface area contributed by atoms with Crippen molar-refractivity contribution in [2.45, 2.75) is 0 Å². The van der Waals surface area contributed by atoms with Crippen LogP contribution >= 0.6 is 11.6 Å². The van der Waals surface area contributed by atoms with Crippen LogP contribution in [-0.2, 0) is 4.79 Å². The van der Waals surface area contributed by atoms with Gasteiger partial charge in [0.25, 0.3) is 11.6 Å². The Labute approximate surface area is 155 Å². The number of nitrogens with zero attached hydrogens (tertiary/aromatic N) is 3. The van der Waals surface area contributed by atoms with Crippen LogP contribution in [0.1, 0.15) is 5.56 Å². The smallest absolute Gasteiger partial charge is 0.277 e. The van der Waals surface area contributed by atoms with Crippen molar-refractivity contribution in [2.75, 3.05) is 25.6 Å². The Bertz CT molecular complexity index is 822. The lowest BCUT2D eigenvalue weighted by Crippen LogP contribution is -2.24. The SMILES string of the molecule is CN(C)c1ccc([N+](=O)[O-])cc1/C=N/NC(=O)COc1ccc(Cl)cc1. The third kappa shape index (κ3) is 5.45. The highest BCUT2D eigenvalue weighted by atomic mass is 35.5. The van der Waals surface area contributed by atoms with Gasteiger partial charge in [0.05, 0.1) is 11.1 Å². The molecule has 0 unspecified atom stereocenters. The summed E-state index contributed by atoms with van der Waals surface area (Å²) in [6.45, 7) is -0.228. The van der Waals surface area contributed by atoms with Crippen LogP contribution in [-0.4, -0.2) is 37.7 Å². The van der Waals surface area contributed by atoms with Crippen molar-refractivity contribution in [3.8, 4) is 5.75 Å². The average molecular weight is 377 g/mol. The molecule has 0 radical (unpaired) electrons. The normalized spacial score (nSPS) is 10.6. The number of nitro groups is 1. The Kier molecular flexibility index (Phi) is 6.51. The Morgan fingerprint density at radius 3 is 2.62 bits per heavy atom. The minimum Gasteiger partial charge on any atom is -0.484 e. The molecule has 0 spiro atoms. The maximum absolute atomic E-state index is 11.8. The molecule has 1 amide bonds. The van der Waals surface area contributed by atoms with Crippen molar-refractivity contribution >= 4 is 35.1 Å². The highest BCUT2D eigenvalue weighted by molar-refractivity contribution is 6.30. The number of carbonyl (C=O) groups is 1. The molecule has 2 aromatic rings. The molecule has 0 saturated carbocycles. The maximum atomic E-state index is 11.8. The molecular formula is C17H17ClN4O4. The van der Waals surface area contributed by atoms with Crippen LogP contribution in [0, 0.1) is 10.1 Å². The summed E-state index contributed by atoms with van der Waals surface area (Å²) in [5.74, 6) is 0.0372. The molecule has 0 bridgehead atoms. The first-order valence-corrected chi connectivity index (χ1v) is 7.90. The number of nitro benzene ring substituents is 1. The quantitative estimate of drug-likeness (QED) is 0.455. The summed E-state index contributed by atoms with van der Waals surface area (Å²) in [5.41, 5.74) is 3.49. The number of hydrogen-bond donors (Lipinski definition) is 1. The third-order valence-electron chi connectivity index (χ3n) is 3.28. The van der Waals surface area contributed by atoms with Crippen LogP contribution in [0.5, 0.6) is 5.75 Å². The number of halogens is 1. The van der Waals surface area contributed by atoms with E-state index < -0.39 is 10.8 Å². The molecular weight excluding hydrogens is 360 g/mol. The lowest BCUT2D eigenvalue weighted by molar-refractivity contribution is -0.384. The molecule has 2 rings (SSSR count). The molecule has 8 nitrogen and oxygen atoms in total. The van der Waals surface area contributed by atoms with E-state index in [0.29, 0.717) is 16.3 Å². The molecule has 2 aromatic carbocycles. The largest absolute Gasteiger partial charge is 0.484 e. The van der Waals surface area contributed by atoms with E-state index in [9.17, 15) is 14.9 Å². The van der Waals surface area contributed by atoms with Crippen LogP contribution in [0.2, 0.25) is 5.02 Å². The number of hydrazone groups is 1. The first-order valence-electron chi connectivity index (χ1n) is 7.53. The van der Waals surface area contributed by atoms with Gasteiger partial charge in [0, 0.05) is 42.5 Å². The van der Waals surface area contributed by atoms with Crippen LogP contribution < -0.4 is 15.1 Å². The van der Waals surface area contributed by atoms with E-state index >= 15 is 0 Å². The highest BCUT2D eigenvalue weighted by Gasteiger charge is 2.11. The lowest BCUT2D eigenvalue weighted by Gasteiger charge is -2.14. The minimum absolute atomic E-state index is 0.0607. The number of non-ortho nitro benzene ring substituents is 1. The maximum Gasteiger partial charge on any atom is 0.277 e. The van der Waals surface area contributed by atoms with Crippen LogP contribution in [0.3, 0.4) is 0 Å². The molecule has 0 fully saturated rings. The van der Waals surface area contributed by atoms with Gasteiger partial charge in [-0.3, -0.25) is 14.9 Å².